The highest BCUT2D eigenvalue weighted by Crippen LogP contribution is 2.60. The minimum absolute atomic E-state index is 0.0944. The standard InChI is InChI=1S/C24H31N5OS/c1-4-28(5-2)23(30)20-14(3)19-21-26-18(27-29(21)13-25-22(19)31-20)12-24-9-15-6-16(10-24)8-17(7-15)11-24/h13,15-17H,4-12H2,1-3H3. The van der Waals surface area contributed by atoms with E-state index in [-0.39, 0.29) is 5.91 Å². The van der Waals surface area contributed by atoms with Crippen molar-refractivity contribution in [3.05, 3.63) is 22.6 Å². The smallest absolute Gasteiger partial charge is 0.264 e. The maximum absolute atomic E-state index is 13.0. The van der Waals surface area contributed by atoms with E-state index in [2.05, 4.69) is 4.98 Å². The first kappa shape index (κ1) is 19.6. The molecule has 3 aromatic rings. The number of thiophene rings is 1. The molecule has 7 heteroatoms. The number of fused-ring (bicyclic) bond motifs is 3. The number of aryl methyl sites for hydroxylation is 1. The van der Waals surface area contributed by atoms with Crippen LogP contribution in [0.5, 0.6) is 0 Å². The number of rotatable bonds is 5. The number of carbonyl (C=O) groups excluding carboxylic acids is 1. The maximum Gasteiger partial charge on any atom is 0.264 e. The molecular weight excluding hydrogens is 406 g/mol. The molecule has 0 saturated heterocycles. The fourth-order valence-electron chi connectivity index (χ4n) is 7.35. The first-order chi connectivity index (χ1) is 15.0. The minimum Gasteiger partial charge on any atom is -0.338 e. The number of amides is 1. The Labute approximate surface area is 187 Å². The summed E-state index contributed by atoms with van der Waals surface area (Å²) >= 11 is 1.49. The van der Waals surface area contributed by atoms with Crippen LogP contribution < -0.4 is 0 Å². The van der Waals surface area contributed by atoms with Gasteiger partial charge in [-0.05, 0) is 88.0 Å². The van der Waals surface area contributed by atoms with Crippen molar-refractivity contribution < 1.29 is 4.79 Å². The summed E-state index contributed by atoms with van der Waals surface area (Å²) in [6.45, 7) is 7.51. The Balaban J connectivity index is 1.38. The Bertz CT molecular complexity index is 1140. The fraction of sp³-hybridized carbons (Fsp3) is 0.667. The molecule has 0 radical (unpaired) electrons. The van der Waals surface area contributed by atoms with Crippen LogP contribution in [0.3, 0.4) is 0 Å². The summed E-state index contributed by atoms with van der Waals surface area (Å²) in [4.78, 5) is 26.2. The SMILES string of the molecule is CCN(CC)C(=O)c1sc2ncn3nc(CC45CC6CC(CC(C6)C4)C5)nc3c2c1C. The second-order valence-corrected chi connectivity index (χ2v) is 11.3. The molecule has 3 aromatic heterocycles. The van der Waals surface area contributed by atoms with Crippen molar-refractivity contribution in [3.63, 3.8) is 0 Å². The van der Waals surface area contributed by atoms with E-state index in [9.17, 15) is 4.79 Å². The Morgan fingerprint density at radius 3 is 2.42 bits per heavy atom. The van der Waals surface area contributed by atoms with E-state index < -0.39 is 0 Å². The van der Waals surface area contributed by atoms with Crippen molar-refractivity contribution in [1.82, 2.24) is 24.5 Å². The van der Waals surface area contributed by atoms with Crippen LogP contribution in [-0.4, -0.2) is 43.5 Å². The number of hydrogen-bond acceptors (Lipinski definition) is 5. The molecule has 0 spiro atoms. The molecule has 0 aromatic carbocycles. The lowest BCUT2D eigenvalue weighted by atomic mass is 9.49. The van der Waals surface area contributed by atoms with Gasteiger partial charge in [0.25, 0.3) is 5.91 Å². The summed E-state index contributed by atoms with van der Waals surface area (Å²) in [7, 11) is 0. The zero-order valence-electron chi connectivity index (χ0n) is 18.7. The molecule has 0 N–H and O–H groups in total. The molecule has 7 rings (SSSR count). The lowest BCUT2D eigenvalue weighted by Crippen LogP contribution is -2.47. The molecule has 0 unspecified atom stereocenters. The predicted molar refractivity (Wildman–Crippen MR) is 122 cm³/mol. The van der Waals surface area contributed by atoms with Crippen molar-refractivity contribution >= 4 is 33.1 Å². The summed E-state index contributed by atoms with van der Waals surface area (Å²) in [5.41, 5.74) is 2.26. The first-order valence-corrected chi connectivity index (χ1v) is 12.7. The molecule has 4 aliphatic carbocycles. The third-order valence-corrected chi connectivity index (χ3v) is 9.44. The normalized spacial score (nSPS) is 29.3. The van der Waals surface area contributed by atoms with Gasteiger partial charge in [0, 0.05) is 19.5 Å². The van der Waals surface area contributed by atoms with Crippen LogP contribution in [0.15, 0.2) is 6.33 Å². The van der Waals surface area contributed by atoms with Crippen LogP contribution in [0.2, 0.25) is 0 Å². The number of carbonyl (C=O) groups is 1. The maximum atomic E-state index is 13.0. The first-order valence-electron chi connectivity index (χ1n) is 11.9. The predicted octanol–water partition coefficient (Wildman–Crippen LogP) is 4.89. The Morgan fingerprint density at radius 2 is 1.81 bits per heavy atom. The van der Waals surface area contributed by atoms with Crippen LogP contribution in [0.25, 0.3) is 15.9 Å². The molecule has 0 atom stereocenters. The van der Waals surface area contributed by atoms with E-state index in [1.54, 1.807) is 6.33 Å². The highest BCUT2D eigenvalue weighted by atomic mass is 32.1. The van der Waals surface area contributed by atoms with E-state index in [4.69, 9.17) is 10.1 Å². The number of nitrogens with zero attached hydrogens (tertiary/aromatic N) is 5. The van der Waals surface area contributed by atoms with Gasteiger partial charge in [0.1, 0.15) is 11.2 Å². The third-order valence-electron chi connectivity index (χ3n) is 8.25. The summed E-state index contributed by atoms with van der Waals surface area (Å²) in [6.07, 6.45) is 11.2. The summed E-state index contributed by atoms with van der Waals surface area (Å²) in [6, 6.07) is 0. The third kappa shape index (κ3) is 3.03. The van der Waals surface area contributed by atoms with E-state index in [0.29, 0.717) is 18.5 Å². The Morgan fingerprint density at radius 1 is 1.16 bits per heavy atom. The molecule has 4 fully saturated rings. The van der Waals surface area contributed by atoms with Gasteiger partial charge in [-0.25, -0.2) is 14.5 Å². The minimum atomic E-state index is 0.0944. The fourth-order valence-corrected chi connectivity index (χ4v) is 8.46. The van der Waals surface area contributed by atoms with Gasteiger partial charge in [0.2, 0.25) is 0 Å². The monoisotopic (exact) mass is 437 g/mol. The molecule has 0 aliphatic heterocycles. The average Bonchev–Trinajstić information content (AvgIpc) is 3.27. The summed E-state index contributed by atoms with van der Waals surface area (Å²) in [5, 5.41) is 5.85. The lowest BCUT2D eigenvalue weighted by Gasteiger charge is -2.56. The highest BCUT2D eigenvalue weighted by Gasteiger charge is 2.51. The molecule has 4 bridgehead atoms. The van der Waals surface area contributed by atoms with Crippen molar-refractivity contribution in [2.75, 3.05) is 13.1 Å². The second-order valence-electron chi connectivity index (χ2n) is 10.3. The topological polar surface area (TPSA) is 63.4 Å². The summed E-state index contributed by atoms with van der Waals surface area (Å²) < 4.78 is 1.84. The molecule has 1 amide bonds. The number of aromatic nitrogens is 4. The van der Waals surface area contributed by atoms with Crippen molar-refractivity contribution in [1.29, 1.82) is 0 Å². The molecular formula is C24H31N5OS. The molecule has 4 saturated carbocycles. The summed E-state index contributed by atoms with van der Waals surface area (Å²) in [5.74, 6) is 3.86. The van der Waals surface area contributed by atoms with Gasteiger partial charge in [0.15, 0.2) is 11.5 Å². The molecule has 6 nitrogen and oxygen atoms in total. The van der Waals surface area contributed by atoms with E-state index in [1.807, 2.05) is 30.2 Å². The zero-order valence-corrected chi connectivity index (χ0v) is 19.5. The van der Waals surface area contributed by atoms with Crippen molar-refractivity contribution in [3.8, 4) is 0 Å². The Hall–Kier alpha value is -2.02. The average molecular weight is 438 g/mol. The van der Waals surface area contributed by atoms with Crippen LogP contribution in [0.4, 0.5) is 0 Å². The van der Waals surface area contributed by atoms with Crippen LogP contribution in [0.1, 0.15) is 73.4 Å². The van der Waals surface area contributed by atoms with E-state index in [0.717, 1.165) is 56.3 Å². The van der Waals surface area contributed by atoms with Crippen LogP contribution in [-0.2, 0) is 6.42 Å². The Kier molecular flexibility index (Phi) is 4.43. The van der Waals surface area contributed by atoms with Crippen molar-refractivity contribution in [2.45, 2.75) is 65.7 Å². The number of hydrogen-bond donors (Lipinski definition) is 0. The van der Waals surface area contributed by atoms with E-state index in [1.165, 1.54) is 49.9 Å². The van der Waals surface area contributed by atoms with Gasteiger partial charge in [-0.15, -0.1) is 16.4 Å². The molecule has 31 heavy (non-hydrogen) atoms. The molecule has 4 aliphatic rings. The largest absolute Gasteiger partial charge is 0.338 e. The van der Waals surface area contributed by atoms with Gasteiger partial charge in [0.05, 0.1) is 10.3 Å². The van der Waals surface area contributed by atoms with Crippen LogP contribution in [0, 0.1) is 30.1 Å². The molecule has 3 heterocycles. The van der Waals surface area contributed by atoms with Gasteiger partial charge in [-0.2, -0.15) is 0 Å². The van der Waals surface area contributed by atoms with E-state index >= 15 is 0 Å². The van der Waals surface area contributed by atoms with Gasteiger partial charge in [-0.3, -0.25) is 4.79 Å². The van der Waals surface area contributed by atoms with Crippen LogP contribution >= 0.6 is 11.3 Å². The lowest BCUT2D eigenvalue weighted by molar-refractivity contribution is -0.0531. The van der Waals surface area contributed by atoms with Gasteiger partial charge >= 0.3 is 0 Å². The van der Waals surface area contributed by atoms with Gasteiger partial charge < -0.3 is 4.90 Å². The zero-order chi connectivity index (χ0) is 21.3. The highest BCUT2D eigenvalue weighted by molar-refractivity contribution is 7.20. The molecule has 164 valence electrons. The second kappa shape index (κ2) is 6.99. The van der Waals surface area contributed by atoms with Crippen molar-refractivity contribution in [2.24, 2.45) is 23.2 Å². The van der Waals surface area contributed by atoms with Gasteiger partial charge in [-0.1, -0.05) is 0 Å². The quantitative estimate of drug-likeness (QED) is 0.570.